The molecular weight excluding hydrogens is 246 g/mol. The minimum Gasteiger partial charge on any atom is -0.300 e. The highest BCUT2D eigenvalue weighted by Crippen LogP contribution is 2.30. The topological polar surface area (TPSA) is 12.0 Å². The van der Waals surface area contributed by atoms with E-state index in [9.17, 15) is 0 Å². The molecule has 0 bridgehead atoms. The van der Waals surface area contributed by atoms with Gasteiger partial charge in [0.05, 0.1) is 3.79 Å². The molecule has 0 aromatic carbocycles. The fraction of sp³-hybridized carbons (Fsp3) is 0.400. The first-order valence-electron chi connectivity index (χ1n) is 4.14. The van der Waals surface area contributed by atoms with Gasteiger partial charge >= 0.3 is 0 Å². The van der Waals surface area contributed by atoms with Crippen LogP contribution in [0.1, 0.15) is 23.4 Å². The van der Waals surface area contributed by atoms with Crippen molar-refractivity contribution in [2.75, 3.05) is 6.54 Å². The van der Waals surface area contributed by atoms with Gasteiger partial charge in [-0.25, -0.2) is 0 Å². The second-order valence-corrected chi connectivity index (χ2v) is 5.16. The number of aryl methyl sites for hydroxylation is 1. The molecule has 1 nitrogen and oxygen atoms in total. The number of nitrogens with one attached hydrogen (secondary N) is 1. The highest BCUT2D eigenvalue weighted by atomic mass is 79.9. The maximum Gasteiger partial charge on any atom is 0.104 e. The Bertz CT molecular complexity index is 305. The van der Waals surface area contributed by atoms with E-state index in [1.165, 1.54) is 14.2 Å². The average molecular weight is 258 g/mol. The lowest BCUT2D eigenvalue weighted by Crippen LogP contribution is -2.17. The van der Waals surface area contributed by atoms with Crippen LogP contribution in [0.5, 0.6) is 0 Å². The summed E-state index contributed by atoms with van der Waals surface area (Å²) in [4.78, 5) is 1.20. The Labute approximate surface area is 91.7 Å². The lowest BCUT2D eigenvalue weighted by molar-refractivity contribution is 0.674. The van der Waals surface area contributed by atoms with E-state index in [0.717, 1.165) is 6.54 Å². The lowest BCUT2D eigenvalue weighted by Gasteiger charge is -2.07. The summed E-state index contributed by atoms with van der Waals surface area (Å²) < 4.78 is 1.17. The molecule has 0 saturated carbocycles. The smallest absolute Gasteiger partial charge is 0.104 e. The molecule has 0 fully saturated rings. The second kappa shape index (κ2) is 4.80. The number of hydrogen-bond acceptors (Lipinski definition) is 2. The molecule has 0 saturated heterocycles. The summed E-state index contributed by atoms with van der Waals surface area (Å²) in [5, 5.41) is 3.24. The summed E-state index contributed by atoms with van der Waals surface area (Å²) in [5.41, 5.74) is 1.25. The quantitative estimate of drug-likeness (QED) is 0.821. The molecule has 0 amide bonds. The van der Waals surface area contributed by atoms with Crippen LogP contribution in [0.3, 0.4) is 0 Å². The van der Waals surface area contributed by atoms with E-state index in [2.05, 4.69) is 47.1 Å². The SMILES string of the molecule is C#CC(NCC)c1cc(C)c(Br)s1. The first-order chi connectivity index (χ1) is 6.19. The Balaban J connectivity index is 2.87. The van der Waals surface area contributed by atoms with Gasteiger partial charge in [-0.15, -0.1) is 17.8 Å². The number of rotatable bonds is 3. The molecule has 1 atom stereocenters. The van der Waals surface area contributed by atoms with Gasteiger partial charge in [-0.05, 0) is 41.0 Å². The highest BCUT2D eigenvalue weighted by molar-refractivity contribution is 9.11. The van der Waals surface area contributed by atoms with Crippen LogP contribution in [0.4, 0.5) is 0 Å². The Morgan fingerprint density at radius 3 is 2.85 bits per heavy atom. The summed E-state index contributed by atoms with van der Waals surface area (Å²) >= 11 is 5.19. The molecular formula is C10H12BrNS. The maximum atomic E-state index is 5.43. The van der Waals surface area contributed by atoms with Gasteiger partial charge in [-0.2, -0.15) is 0 Å². The summed E-state index contributed by atoms with van der Waals surface area (Å²) in [6.07, 6.45) is 5.43. The van der Waals surface area contributed by atoms with Crippen LogP contribution in [0.15, 0.2) is 9.85 Å². The third-order valence-corrected chi connectivity index (χ3v) is 3.94. The van der Waals surface area contributed by atoms with Crippen LogP contribution in [0, 0.1) is 19.3 Å². The van der Waals surface area contributed by atoms with Gasteiger partial charge in [0.1, 0.15) is 6.04 Å². The molecule has 0 aliphatic rings. The molecule has 1 N–H and O–H groups in total. The minimum absolute atomic E-state index is 0.0556. The third kappa shape index (κ3) is 2.57. The lowest BCUT2D eigenvalue weighted by atomic mass is 10.2. The minimum atomic E-state index is 0.0556. The predicted molar refractivity (Wildman–Crippen MR) is 62.0 cm³/mol. The van der Waals surface area contributed by atoms with Crippen LogP contribution >= 0.6 is 27.3 Å². The van der Waals surface area contributed by atoms with E-state index in [4.69, 9.17) is 6.42 Å². The van der Waals surface area contributed by atoms with Crippen molar-refractivity contribution in [1.29, 1.82) is 0 Å². The van der Waals surface area contributed by atoms with Crippen LogP contribution in [-0.2, 0) is 0 Å². The first-order valence-corrected chi connectivity index (χ1v) is 5.75. The second-order valence-electron chi connectivity index (χ2n) is 2.76. The molecule has 1 unspecified atom stereocenters. The van der Waals surface area contributed by atoms with Crippen LogP contribution in [-0.4, -0.2) is 6.54 Å². The van der Waals surface area contributed by atoms with Crippen LogP contribution in [0.25, 0.3) is 0 Å². The third-order valence-electron chi connectivity index (χ3n) is 1.74. The zero-order valence-corrected chi connectivity index (χ0v) is 10.1. The number of halogens is 1. The van der Waals surface area contributed by atoms with E-state index >= 15 is 0 Å². The summed E-state index contributed by atoms with van der Waals surface area (Å²) in [7, 11) is 0. The molecule has 70 valence electrons. The van der Waals surface area contributed by atoms with Crippen molar-refractivity contribution >= 4 is 27.3 Å². The molecule has 1 aromatic rings. The molecule has 13 heavy (non-hydrogen) atoms. The van der Waals surface area contributed by atoms with Gasteiger partial charge in [0.2, 0.25) is 0 Å². The van der Waals surface area contributed by atoms with Crippen LogP contribution < -0.4 is 5.32 Å². The zero-order valence-electron chi connectivity index (χ0n) is 7.73. The van der Waals surface area contributed by atoms with Crippen molar-refractivity contribution in [2.45, 2.75) is 19.9 Å². The predicted octanol–water partition coefficient (Wildman–Crippen LogP) is 3.10. The van der Waals surface area contributed by atoms with E-state index in [1.54, 1.807) is 11.3 Å². The molecule has 0 spiro atoms. The molecule has 1 aromatic heterocycles. The zero-order chi connectivity index (χ0) is 9.84. The Kier molecular flexibility index (Phi) is 3.98. The monoisotopic (exact) mass is 257 g/mol. The van der Waals surface area contributed by atoms with Crippen LogP contribution in [0.2, 0.25) is 0 Å². The number of hydrogen-bond donors (Lipinski definition) is 1. The Morgan fingerprint density at radius 2 is 2.46 bits per heavy atom. The van der Waals surface area contributed by atoms with Gasteiger partial charge in [-0.1, -0.05) is 12.8 Å². The van der Waals surface area contributed by atoms with Gasteiger partial charge in [0.15, 0.2) is 0 Å². The van der Waals surface area contributed by atoms with E-state index in [-0.39, 0.29) is 6.04 Å². The molecule has 1 rings (SSSR count). The fourth-order valence-corrected chi connectivity index (χ4v) is 2.68. The molecule has 1 heterocycles. The molecule has 0 aliphatic heterocycles. The molecule has 3 heteroatoms. The van der Waals surface area contributed by atoms with E-state index in [0.29, 0.717) is 0 Å². The van der Waals surface area contributed by atoms with Crippen molar-refractivity contribution in [3.63, 3.8) is 0 Å². The normalized spacial score (nSPS) is 12.5. The largest absolute Gasteiger partial charge is 0.300 e. The van der Waals surface area contributed by atoms with E-state index < -0.39 is 0 Å². The maximum absolute atomic E-state index is 5.43. The first kappa shape index (κ1) is 10.8. The van der Waals surface area contributed by atoms with Crippen molar-refractivity contribution in [2.24, 2.45) is 0 Å². The van der Waals surface area contributed by atoms with Crippen molar-refractivity contribution in [3.05, 3.63) is 20.3 Å². The Morgan fingerprint density at radius 1 is 1.77 bits per heavy atom. The average Bonchev–Trinajstić information content (AvgIpc) is 2.43. The standard InChI is InChI=1S/C10H12BrNS/c1-4-8(12-5-2)9-6-7(3)10(11)13-9/h1,6,8,12H,5H2,2-3H3. The summed E-state index contributed by atoms with van der Waals surface area (Å²) in [6, 6.07) is 2.18. The van der Waals surface area contributed by atoms with E-state index in [1.807, 2.05) is 0 Å². The molecule has 0 radical (unpaired) electrons. The Hall–Kier alpha value is -0.300. The van der Waals surface area contributed by atoms with Crippen molar-refractivity contribution in [3.8, 4) is 12.3 Å². The van der Waals surface area contributed by atoms with Gasteiger partial charge in [-0.3, -0.25) is 5.32 Å². The number of terminal acetylenes is 1. The fourth-order valence-electron chi connectivity index (χ4n) is 1.07. The van der Waals surface area contributed by atoms with Crippen molar-refractivity contribution < 1.29 is 0 Å². The van der Waals surface area contributed by atoms with Gasteiger partial charge in [0, 0.05) is 4.88 Å². The van der Waals surface area contributed by atoms with Crippen molar-refractivity contribution in [1.82, 2.24) is 5.32 Å². The number of thiophene rings is 1. The van der Waals surface area contributed by atoms with Gasteiger partial charge in [0.25, 0.3) is 0 Å². The molecule has 0 aliphatic carbocycles. The summed E-state index contributed by atoms with van der Waals surface area (Å²) in [5.74, 6) is 2.74. The van der Waals surface area contributed by atoms with Gasteiger partial charge < -0.3 is 0 Å². The summed E-state index contributed by atoms with van der Waals surface area (Å²) in [6.45, 7) is 5.02. The highest BCUT2D eigenvalue weighted by Gasteiger charge is 2.10.